The molecule has 0 atom stereocenters. The molecule has 0 bridgehead atoms. The highest BCUT2D eigenvalue weighted by Gasteiger charge is 2.20. The van der Waals surface area contributed by atoms with Crippen LogP contribution in [0.3, 0.4) is 0 Å². The first-order valence-electron chi connectivity index (χ1n) is 7.42. The maximum absolute atomic E-state index is 11.4. The van der Waals surface area contributed by atoms with Gasteiger partial charge in [0.15, 0.2) is 6.20 Å². The minimum atomic E-state index is -4.20. The molecule has 5 heteroatoms. The van der Waals surface area contributed by atoms with Crippen LogP contribution in [-0.2, 0) is 16.7 Å². The van der Waals surface area contributed by atoms with Crippen LogP contribution in [0.5, 0.6) is 0 Å². The molecule has 0 saturated carbocycles. The topological polar surface area (TPSA) is 58.2 Å². The molecule has 4 nitrogen and oxygen atoms in total. The lowest BCUT2D eigenvalue weighted by Crippen LogP contribution is -2.36. The van der Waals surface area contributed by atoms with E-state index in [0.29, 0.717) is 0 Å². The highest BCUT2D eigenvalue weighted by Crippen LogP contribution is 2.26. The van der Waals surface area contributed by atoms with Crippen LogP contribution in [-0.4, -0.2) is 13.0 Å². The third kappa shape index (κ3) is 3.54. The van der Waals surface area contributed by atoms with Crippen molar-refractivity contribution in [3.63, 3.8) is 0 Å². The van der Waals surface area contributed by atoms with Crippen molar-refractivity contribution in [2.24, 2.45) is 0 Å². The van der Waals surface area contributed by atoms with E-state index in [1.165, 1.54) is 6.07 Å². The zero-order valence-electron chi connectivity index (χ0n) is 13.2. The second-order valence-corrected chi connectivity index (χ2v) is 6.96. The number of unbranched alkanes of at least 4 members (excludes halogenated alkanes) is 1. The molecule has 0 saturated heterocycles. The van der Waals surface area contributed by atoms with E-state index in [2.05, 4.69) is 11.5 Å². The smallest absolute Gasteiger partial charge is 0.282 e. The Balaban J connectivity index is 2.65. The lowest BCUT2D eigenvalue weighted by molar-refractivity contribution is -0.687. The largest absolute Gasteiger partial charge is 0.294 e. The first-order valence-corrected chi connectivity index (χ1v) is 8.86. The Morgan fingerprint density at radius 2 is 1.86 bits per heavy atom. The molecule has 0 radical (unpaired) electrons. The van der Waals surface area contributed by atoms with Gasteiger partial charge >= 0.3 is 0 Å². The van der Waals surface area contributed by atoms with Crippen molar-refractivity contribution in [1.29, 1.82) is 0 Å². The number of aromatic nitrogens is 1. The van der Waals surface area contributed by atoms with Crippen LogP contribution in [0.4, 0.5) is 0 Å². The van der Waals surface area contributed by atoms with Gasteiger partial charge in [0.2, 0.25) is 5.69 Å². The fraction of sp³-hybridized carbons (Fsp3) is 0.353. The average Bonchev–Trinajstić information content (AvgIpc) is 2.45. The number of benzene rings is 1. The molecule has 1 N–H and O–H groups in total. The highest BCUT2D eigenvalue weighted by atomic mass is 32.2. The fourth-order valence-electron chi connectivity index (χ4n) is 2.57. The van der Waals surface area contributed by atoms with Crippen LogP contribution < -0.4 is 4.57 Å². The molecule has 0 aliphatic rings. The summed E-state index contributed by atoms with van der Waals surface area (Å²) in [6.45, 7) is 6.97. The van der Waals surface area contributed by atoms with Crippen LogP contribution in [0.15, 0.2) is 41.4 Å². The van der Waals surface area contributed by atoms with E-state index >= 15 is 0 Å². The van der Waals surface area contributed by atoms with Gasteiger partial charge in [-0.2, -0.15) is 13.0 Å². The monoisotopic (exact) mass is 320 g/mol. The fourth-order valence-corrected chi connectivity index (χ4v) is 3.08. The van der Waals surface area contributed by atoms with Gasteiger partial charge in [-0.05, 0) is 37.6 Å². The molecule has 22 heavy (non-hydrogen) atoms. The quantitative estimate of drug-likeness (QED) is 0.679. The molecule has 0 aliphatic carbocycles. The van der Waals surface area contributed by atoms with Crippen LogP contribution in [0.2, 0.25) is 0 Å². The van der Waals surface area contributed by atoms with E-state index in [1.54, 1.807) is 12.1 Å². The Morgan fingerprint density at radius 3 is 2.50 bits per heavy atom. The molecule has 2 rings (SSSR count). The van der Waals surface area contributed by atoms with Crippen molar-refractivity contribution in [2.75, 3.05) is 0 Å². The van der Waals surface area contributed by atoms with Gasteiger partial charge in [-0.3, -0.25) is 4.55 Å². The standard InChI is InChI=1S/C17H21NO3S/c1-4-5-10-18-11-6-7-14(3)17(18)16-12-15(22(19,20)21)9-8-13(16)2/h6-9,11-12H,4-5,10H2,1-3H3/p+1. The Hall–Kier alpha value is -1.72. The number of pyridine rings is 1. The molecule has 2 aromatic rings. The number of nitrogens with zero attached hydrogens (tertiary/aromatic N) is 1. The van der Waals surface area contributed by atoms with E-state index < -0.39 is 10.1 Å². The summed E-state index contributed by atoms with van der Waals surface area (Å²) in [5, 5.41) is 0. The SMILES string of the molecule is CCCC[n+]1cccc(C)c1-c1cc(S(=O)(=O)O)ccc1C. The van der Waals surface area contributed by atoms with Crippen LogP contribution in [0, 0.1) is 13.8 Å². The summed E-state index contributed by atoms with van der Waals surface area (Å²) in [6, 6.07) is 8.72. The Morgan fingerprint density at radius 1 is 1.14 bits per heavy atom. The number of hydrogen-bond acceptors (Lipinski definition) is 2. The first-order chi connectivity index (χ1) is 10.3. The minimum absolute atomic E-state index is 0.0709. The molecule has 0 amide bonds. The van der Waals surface area contributed by atoms with Crippen LogP contribution in [0.25, 0.3) is 11.3 Å². The van der Waals surface area contributed by atoms with Gasteiger partial charge in [-0.25, -0.2) is 0 Å². The minimum Gasteiger partial charge on any atom is -0.282 e. The third-order valence-corrected chi connectivity index (χ3v) is 4.64. The zero-order chi connectivity index (χ0) is 16.3. The third-order valence-electron chi connectivity index (χ3n) is 3.79. The molecule has 0 unspecified atom stereocenters. The summed E-state index contributed by atoms with van der Waals surface area (Å²) < 4.78 is 34.3. The van der Waals surface area contributed by atoms with Crippen molar-refractivity contribution in [2.45, 2.75) is 45.1 Å². The maximum Gasteiger partial charge on any atom is 0.294 e. The van der Waals surface area contributed by atoms with Gasteiger partial charge < -0.3 is 0 Å². The zero-order valence-corrected chi connectivity index (χ0v) is 14.0. The van der Waals surface area contributed by atoms with Gasteiger partial charge in [-0.15, -0.1) is 0 Å². The molecule has 1 aromatic heterocycles. The van der Waals surface area contributed by atoms with Crippen molar-refractivity contribution in [1.82, 2.24) is 0 Å². The van der Waals surface area contributed by atoms with Gasteiger partial charge in [-0.1, -0.05) is 19.4 Å². The predicted molar refractivity (Wildman–Crippen MR) is 86.3 cm³/mol. The predicted octanol–water partition coefficient (Wildman–Crippen LogP) is 3.30. The summed E-state index contributed by atoms with van der Waals surface area (Å²) in [6.07, 6.45) is 4.15. The van der Waals surface area contributed by atoms with E-state index in [9.17, 15) is 13.0 Å². The Labute approximate surface area is 132 Å². The van der Waals surface area contributed by atoms with Gasteiger partial charge in [0.05, 0.1) is 10.5 Å². The van der Waals surface area contributed by atoms with E-state index in [1.807, 2.05) is 32.2 Å². The lowest BCUT2D eigenvalue weighted by atomic mass is 10.0. The Bertz CT molecular complexity index is 782. The lowest BCUT2D eigenvalue weighted by Gasteiger charge is -2.10. The number of rotatable bonds is 5. The second kappa shape index (κ2) is 6.58. The average molecular weight is 320 g/mol. The van der Waals surface area contributed by atoms with Crippen molar-refractivity contribution < 1.29 is 17.5 Å². The summed E-state index contributed by atoms with van der Waals surface area (Å²) in [7, 11) is -4.20. The first kappa shape index (κ1) is 16.6. The van der Waals surface area contributed by atoms with E-state index in [0.717, 1.165) is 41.8 Å². The molecular formula is C17H22NO3S+. The number of hydrogen-bond donors (Lipinski definition) is 1. The van der Waals surface area contributed by atoms with Gasteiger partial charge in [0.1, 0.15) is 6.54 Å². The molecule has 0 spiro atoms. The maximum atomic E-state index is 11.4. The summed E-state index contributed by atoms with van der Waals surface area (Å²) in [5.74, 6) is 0. The van der Waals surface area contributed by atoms with Crippen molar-refractivity contribution in [3.8, 4) is 11.3 Å². The van der Waals surface area contributed by atoms with Crippen LogP contribution >= 0.6 is 0 Å². The summed E-state index contributed by atoms with van der Waals surface area (Å²) >= 11 is 0. The molecule has 118 valence electrons. The molecule has 0 aliphatic heterocycles. The highest BCUT2D eigenvalue weighted by molar-refractivity contribution is 7.85. The Kier molecular flexibility index (Phi) is 4.98. The van der Waals surface area contributed by atoms with Gasteiger partial charge in [0.25, 0.3) is 10.1 Å². The summed E-state index contributed by atoms with van der Waals surface area (Å²) in [4.78, 5) is -0.0709. The number of aryl methyl sites for hydroxylation is 3. The molecule has 1 heterocycles. The second-order valence-electron chi connectivity index (χ2n) is 5.54. The van der Waals surface area contributed by atoms with Crippen LogP contribution in [0.1, 0.15) is 30.9 Å². The normalized spacial score (nSPS) is 11.6. The van der Waals surface area contributed by atoms with Crippen molar-refractivity contribution in [3.05, 3.63) is 47.7 Å². The molecule has 1 aromatic carbocycles. The van der Waals surface area contributed by atoms with Crippen molar-refractivity contribution >= 4 is 10.1 Å². The summed E-state index contributed by atoms with van der Waals surface area (Å²) in [5.41, 5.74) is 3.89. The molecular weight excluding hydrogens is 298 g/mol. The molecule has 0 fully saturated rings. The van der Waals surface area contributed by atoms with E-state index in [-0.39, 0.29) is 4.90 Å². The van der Waals surface area contributed by atoms with E-state index in [4.69, 9.17) is 0 Å². The van der Waals surface area contributed by atoms with Gasteiger partial charge in [0, 0.05) is 18.1 Å².